The van der Waals surface area contributed by atoms with E-state index in [0.717, 1.165) is 12.1 Å². The number of sulfonamides is 1. The first-order valence-electron chi connectivity index (χ1n) is 4.51. The number of nitrogen functional groups attached to an aromatic ring is 1. The maximum atomic E-state index is 12.9. The summed E-state index contributed by atoms with van der Waals surface area (Å²) < 4.78 is 38.7. The number of anilines is 1. The van der Waals surface area contributed by atoms with Crippen LogP contribution in [0.2, 0.25) is 0 Å². The number of thioether (sulfide) groups is 1. The summed E-state index contributed by atoms with van der Waals surface area (Å²) in [4.78, 5) is -0.214. The third-order valence-corrected chi connectivity index (χ3v) is 3.99. The van der Waals surface area contributed by atoms with Crippen molar-refractivity contribution in [1.29, 1.82) is 0 Å². The van der Waals surface area contributed by atoms with E-state index in [1.165, 1.54) is 17.8 Å². The predicted molar refractivity (Wildman–Crippen MR) is 64.4 cm³/mol. The maximum Gasteiger partial charge on any atom is 0.242 e. The molecular formula is C9H13FN2O2S2. The normalized spacial score (nSPS) is 11.6. The van der Waals surface area contributed by atoms with Crippen molar-refractivity contribution < 1.29 is 12.8 Å². The van der Waals surface area contributed by atoms with Gasteiger partial charge in [-0.15, -0.1) is 0 Å². The van der Waals surface area contributed by atoms with Gasteiger partial charge in [0.05, 0.1) is 5.69 Å². The highest BCUT2D eigenvalue weighted by atomic mass is 32.2. The van der Waals surface area contributed by atoms with Gasteiger partial charge in [0.25, 0.3) is 0 Å². The average molecular weight is 264 g/mol. The van der Waals surface area contributed by atoms with Crippen LogP contribution in [0.5, 0.6) is 0 Å². The molecule has 0 heterocycles. The molecule has 0 radical (unpaired) electrons. The van der Waals surface area contributed by atoms with Gasteiger partial charge >= 0.3 is 0 Å². The van der Waals surface area contributed by atoms with E-state index in [4.69, 9.17) is 5.73 Å². The van der Waals surface area contributed by atoms with Crippen LogP contribution in [0.3, 0.4) is 0 Å². The van der Waals surface area contributed by atoms with Gasteiger partial charge in [-0.1, -0.05) is 0 Å². The SMILES string of the molecule is CSCCNS(=O)(=O)c1cc(F)ccc1N. The number of nitrogens with two attached hydrogens (primary N) is 1. The first-order chi connectivity index (χ1) is 7.47. The molecule has 0 bridgehead atoms. The molecule has 0 atom stereocenters. The first kappa shape index (κ1) is 13.3. The molecule has 0 aliphatic rings. The van der Waals surface area contributed by atoms with E-state index < -0.39 is 15.8 Å². The van der Waals surface area contributed by atoms with Gasteiger partial charge < -0.3 is 5.73 Å². The number of hydrogen-bond donors (Lipinski definition) is 2. The molecule has 0 saturated heterocycles. The molecule has 0 saturated carbocycles. The number of rotatable bonds is 5. The zero-order valence-electron chi connectivity index (χ0n) is 8.73. The standard InChI is InChI=1S/C9H13FN2O2S2/c1-15-5-4-12-16(13,14)9-6-7(10)2-3-8(9)11/h2-3,6,12H,4-5,11H2,1H3. The number of halogens is 1. The van der Waals surface area contributed by atoms with Crippen molar-refractivity contribution in [2.24, 2.45) is 0 Å². The minimum Gasteiger partial charge on any atom is -0.398 e. The Morgan fingerprint density at radius 3 is 2.81 bits per heavy atom. The zero-order valence-corrected chi connectivity index (χ0v) is 10.4. The average Bonchev–Trinajstić information content (AvgIpc) is 2.22. The molecule has 0 spiro atoms. The van der Waals surface area contributed by atoms with Crippen molar-refractivity contribution in [2.75, 3.05) is 24.3 Å². The third-order valence-electron chi connectivity index (χ3n) is 1.86. The van der Waals surface area contributed by atoms with Crippen LogP contribution in [-0.2, 0) is 10.0 Å². The lowest BCUT2D eigenvalue weighted by atomic mass is 10.3. The van der Waals surface area contributed by atoms with Gasteiger partial charge in [0.15, 0.2) is 0 Å². The van der Waals surface area contributed by atoms with E-state index in [-0.39, 0.29) is 10.6 Å². The topological polar surface area (TPSA) is 72.2 Å². The molecule has 4 nitrogen and oxygen atoms in total. The van der Waals surface area contributed by atoms with Gasteiger partial charge in [-0.2, -0.15) is 11.8 Å². The Morgan fingerprint density at radius 1 is 1.50 bits per heavy atom. The summed E-state index contributed by atoms with van der Waals surface area (Å²) in [6.07, 6.45) is 1.87. The lowest BCUT2D eigenvalue weighted by Gasteiger charge is -2.08. The molecule has 0 aliphatic carbocycles. The molecule has 0 amide bonds. The highest BCUT2D eigenvalue weighted by Gasteiger charge is 2.17. The highest BCUT2D eigenvalue weighted by molar-refractivity contribution is 7.98. The second-order valence-corrected chi connectivity index (χ2v) is 5.79. The van der Waals surface area contributed by atoms with Crippen molar-refractivity contribution in [2.45, 2.75) is 4.90 Å². The lowest BCUT2D eigenvalue weighted by Crippen LogP contribution is -2.26. The summed E-state index contributed by atoms with van der Waals surface area (Å²) in [6.45, 7) is 0.291. The predicted octanol–water partition coefficient (Wildman–Crippen LogP) is 1.05. The molecule has 0 aromatic heterocycles. The highest BCUT2D eigenvalue weighted by Crippen LogP contribution is 2.18. The second-order valence-electron chi connectivity index (χ2n) is 3.07. The van der Waals surface area contributed by atoms with Gasteiger partial charge in [0.1, 0.15) is 10.7 Å². The summed E-state index contributed by atoms with van der Waals surface area (Å²) in [5, 5.41) is 0. The molecular weight excluding hydrogens is 251 g/mol. The van der Waals surface area contributed by atoms with Crippen molar-refractivity contribution >= 4 is 27.5 Å². The fraction of sp³-hybridized carbons (Fsp3) is 0.333. The Balaban J connectivity index is 2.93. The van der Waals surface area contributed by atoms with E-state index in [2.05, 4.69) is 4.72 Å². The van der Waals surface area contributed by atoms with Crippen LogP contribution < -0.4 is 10.5 Å². The molecule has 0 aliphatic heterocycles. The van der Waals surface area contributed by atoms with Crippen LogP contribution in [0.15, 0.2) is 23.1 Å². The molecule has 1 rings (SSSR count). The van der Waals surface area contributed by atoms with E-state index in [9.17, 15) is 12.8 Å². The minimum atomic E-state index is -3.71. The summed E-state index contributed by atoms with van der Waals surface area (Å²) in [5.41, 5.74) is 5.53. The minimum absolute atomic E-state index is 0.0399. The second kappa shape index (κ2) is 5.51. The summed E-state index contributed by atoms with van der Waals surface area (Å²) >= 11 is 1.51. The van der Waals surface area contributed by atoms with Gasteiger partial charge in [0, 0.05) is 12.3 Å². The first-order valence-corrected chi connectivity index (χ1v) is 7.38. The molecule has 7 heteroatoms. The maximum absolute atomic E-state index is 12.9. The zero-order chi connectivity index (χ0) is 12.2. The van der Waals surface area contributed by atoms with Gasteiger partial charge in [-0.3, -0.25) is 0 Å². The van der Waals surface area contributed by atoms with Gasteiger partial charge in [-0.25, -0.2) is 17.5 Å². The van der Waals surface area contributed by atoms with Crippen LogP contribution in [-0.4, -0.2) is 27.0 Å². The van der Waals surface area contributed by atoms with Crippen molar-refractivity contribution in [3.05, 3.63) is 24.0 Å². The lowest BCUT2D eigenvalue weighted by molar-refractivity contribution is 0.580. The number of hydrogen-bond acceptors (Lipinski definition) is 4. The van der Waals surface area contributed by atoms with Crippen LogP contribution >= 0.6 is 11.8 Å². The third kappa shape index (κ3) is 3.36. The summed E-state index contributed by atoms with van der Waals surface area (Å²) in [6, 6.07) is 3.27. The number of nitrogens with one attached hydrogen (secondary N) is 1. The van der Waals surface area contributed by atoms with Gasteiger partial charge in [-0.05, 0) is 24.5 Å². The van der Waals surface area contributed by atoms with E-state index in [1.54, 1.807) is 0 Å². The molecule has 90 valence electrons. The molecule has 16 heavy (non-hydrogen) atoms. The number of benzene rings is 1. The molecule has 0 fully saturated rings. The van der Waals surface area contributed by atoms with Crippen LogP contribution in [0.25, 0.3) is 0 Å². The molecule has 3 N–H and O–H groups in total. The Kier molecular flexibility index (Phi) is 4.57. The fourth-order valence-corrected chi connectivity index (χ4v) is 2.70. The molecule has 1 aromatic carbocycles. The van der Waals surface area contributed by atoms with Crippen LogP contribution in [0.4, 0.5) is 10.1 Å². The van der Waals surface area contributed by atoms with Crippen LogP contribution in [0, 0.1) is 5.82 Å². The Morgan fingerprint density at radius 2 is 2.19 bits per heavy atom. The summed E-state index contributed by atoms with van der Waals surface area (Å²) in [5.74, 6) is 0.0218. The van der Waals surface area contributed by atoms with Crippen molar-refractivity contribution in [3.8, 4) is 0 Å². The fourth-order valence-electron chi connectivity index (χ4n) is 1.10. The smallest absolute Gasteiger partial charge is 0.242 e. The van der Waals surface area contributed by atoms with Crippen LogP contribution in [0.1, 0.15) is 0 Å². The van der Waals surface area contributed by atoms with E-state index >= 15 is 0 Å². The Hall–Kier alpha value is -0.790. The van der Waals surface area contributed by atoms with Crippen molar-refractivity contribution in [3.63, 3.8) is 0 Å². The Bertz CT molecular complexity index is 463. The monoisotopic (exact) mass is 264 g/mol. The Labute approximate surface area is 98.5 Å². The summed E-state index contributed by atoms with van der Waals surface area (Å²) in [7, 11) is -3.71. The molecule has 0 unspecified atom stereocenters. The van der Waals surface area contributed by atoms with Gasteiger partial charge in [0.2, 0.25) is 10.0 Å². The largest absolute Gasteiger partial charge is 0.398 e. The van der Waals surface area contributed by atoms with E-state index in [1.807, 2.05) is 6.26 Å². The quantitative estimate of drug-likeness (QED) is 0.616. The molecule has 1 aromatic rings. The van der Waals surface area contributed by atoms with E-state index in [0.29, 0.717) is 12.3 Å². The van der Waals surface area contributed by atoms with Crippen molar-refractivity contribution in [1.82, 2.24) is 4.72 Å².